The molecule has 0 unspecified atom stereocenters. The number of hydrogen-bond donors (Lipinski definition) is 1. The van der Waals surface area contributed by atoms with Gasteiger partial charge in [0.25, 0.3) is 0 Å². The lowest BCUT2D eigenvalue weighted by atomic mass is 10.2. The Kier molecular flexibility index (Phi) is 4.74. The predicted octanol–water partition coefficient (Wildman–Crippen LogP) is 4.12. The van der Waals surface area contributed by atoms with E-state index in [0.717, 1.165) is 26.8 Å². The Bertz CT molecular complexity index is 546. The van der Waals surface area contributed by atoms with Crippen LogP contribution in [0, 0.1) is 0 Å². The number of aromatic nitrogens is 1. The van der Waals surface area contributed by atoms with E-state index in [1.807, 2.05) is 37.4 Å². The molecule has 1 N–H and O–H groups in total. The van der Waals surface area contributed by atoms with Gasteiger partial charge in [-0.15, -0.1) is 0 Å². The van der Waals surface area contributed by atoms with Crippen LogP contribution in [0.3, 0.4) is 0 Å². The SMILES string of the molecule is CNCc1cccnc1Oc1ccc(Br)cc1Br. The Balaban J connectivity index is 2.28. The molecule has 0 aliphatic carbocycles. The normalized spacial score (nSPS) is 10.4. The highest BCUT2D eigenvalue weighted by molar-refractivity contribution is 9.11. The second kappa shape index (κ2) is 6.31. The van der Waals surface area contributed by atoms with Crippen LogP contribution in [0.2, 0.25) is 0 Å². The molecule has 2 aromatic rings. The summed E-state index contributed by atoms with van der Waals surface area (Å²) in [4.78, 5) is 4.26. The molecule has 3 nitrogen and oxygen atoms in total. The van der Waals surface area contributed by atoms with Crippen molar-refractivity contribution in [3.05, 3.63) is 51.0 Å². The Morgan fingerprint density at radius 1 is 1.28 bits per heavy atom. The van der Waals surface area contributed by atoms with Gasteiger partial charge in [0.15, 0.2) is 0 Å². The number of hydrogen-bond acceptors (Lipinski definition) is 3. The molecule has 94 valence electrons. The summed E-state index contributed by atoms with van der Waals surface area (Å²) >= 11 is 6.88. The molecule has 0 aliphatic heterocycles. The lowest BCUT2D eigenvalue weighted by molar-refractivity contribution is 0.451. The van der Waals surface area contributed by atoms with Crippen molar-refractivity contribution in [2.24, 2.45) is 0 Å². The van der Waals surface area contributed by atoms with E-state index in [1.54, 1.807) is 6.20 Å². The molecule has 0 atom stereocenters. The van der Waals surface area contributed by atoms with E-state index in [-0.39, 0.29) is 0 Å². The predicted molar refractivity (Wildman–Crippen MR) is 78.9 cm³/mol. The third-order valence-electron chi connectivity index (χ3n) is 2.32. The van der Waals surface area contributed by atoms with Crippen molar-refractivity contribution in [1.82, 2.24) is 10.3 Å². The van der Waals surface area contributed by atoms with E-state index in [2.05, 4.69) is 42.2 Å². The number of halogens is 2. The van der Waals surface area contributed by atoms with E-state index in [0.29, 0.717) is 5.88 Å². The molecule has 1 heterocycles. The number of rotatable bonds is 4. The Morgan fingerprint density at radius 2 is 2.11 bits per heavy atom. The summed E-state index contributed by atoms with van der Waals surface area (Å²) in [6.07, 6.45) is 1.72. The topological polar surface area (TPSA) is 34.2 Å². The van der Waals surface area contributed by atoms with Gasteiger partial charge in [-0.2, -0.15) is 0 Å². The summed E-state index contributed by atoms with van der Waals surface area (Å²) < 4.78 is 7.71. The minimum Gasteiger partial charge on any atom is -0.438 e. The highest BCUT2D eigenvalue weighted by atomic mass is 79.9. The number of ether oxygens (including phenoxy) is 1. The zero-order valence-electron chi connectivity index (χ0n) is 9.78. The van der Waals surface area contributed by atoms with Crippen molar-refractivity contribution in [3.8, 4) is 11.6 Å². The van der Waals surface area contributed by atoms with Crippen molar-refractivity contribution in [3.63, 3.8) is 0 Å². The Labute approximate surface area is 123 Å². The van der Waals surface area contributed by atoms with Crippen LogP contribution in [0.15, 0.2) is 45.5 Å². The molecule has 0 aliphatic rings. The van der Waals surface area contributed by atoms with Gasteiger partial charge in [-0.25, -0.2) is 4.98 Å². The summed E-state index contributed by atoms with van der Waals surface area (Å²) in [5.74, 6) is 1.36. The van der Waals surface area contributed by atoms with Crippen molar-refractivity contribution >= 4 is 31.9 Å². The molecule has 0 spiro atoms. The minimum atomic E-state index is 0.620. The molecule has 0 fully saturated rings. The van der Waals surface area contributed by atoms with Crippen LogP contribution in [0.1, 0.15) is 5.56 Å². The summed E-state index contributed by atoms with van der Waals surface area (Å²) in [5.41, 5.74) is 1.02. The lowest BCUT2D eigenvalue weighted by Crippen LogP contribution is -2.07. The standard InChI is InChI=1S/C13H12Br2N2O/c1-16-8-9-3-2-6-17-13(9)18-12-5-4-10(14)7-11(12)15/h2-7,16H,8H2,1H3. The van der Waals surface area contributed by atoms with Crippen molar-refractivity contribution in [2.75, 3.05) is 7.05 Å². The van der Waals surface area contributed by atoms with Gasteiger partial charge in [0.1, 0.15) is 5.75 Å². The highest BCUT2D eigenvalue weighted by Gasteiger charge is 2.08. The van der Waals surface area contributed by atoms with Crippen LogP contribution in [0.25, 0.3) is 0 Å². The largest absolute Gasteiger partial charge is 0.438 e. The molecule has 2 rings (SSSR count). The summed E-state index contributed by atoms with van der Waals surface area (Å²) in [6.45, 7) is 0.720. The third kappa shape index (κ3) is 3.31. The quantitative estimate of drug-likeness (QED) is 0.877. The lowest BCUT2D eigenvalue weighted by Gasteiger charge is -2.10. The summed E-state index contributed by atoms with van der Waals surface area (Å²) in [5, 5.41) is 3.09. The van der Waals surface area contributed by atoms with Crippen molar-refractivity contribution in [2.45, 2.75) is 6.54 Å². The summed E-state index contributed by atoms with van der Waals surface area (Å²) in [6, 6.07) is 9.66. The average Bonchev–Trinajstić information content (AvgIpc) is 2.35. The van der Waals surface area contributed by atoms with Crippen LogP contribution in [0.5, 0.6) is 11.6 Å². The molecule has 1 aromatic heterocycles. The van der Waals surface area contributed by atoms with Gasteiger partial charge < -0.3 is 10.1 Å². The third-order valence-corrected chi connectivity index (χ3v) is 3.43. The van der Waals surface area contributed by atoms with Crippen LogP contribution in [-0.2, 0) is 6.54 Å². The number of nitrogens with zero attached hydrogens (tertiary/aromatic N) is 1. The Morgan fingerprint density at radius 3 is 2.83 bits per heavy atom. The van der Waals surface area contributed by atoms with E-state index in [1.165, 1.54) is 0 Å². The summed E-state index contributed by atoms with van der Waals surface area (Å²) in [7, 11) is 1.90. The first kappa shape index (κ1) is 13.5. The van der Waals surface area contributed by atoms with Gasteiger partial charge in [-0.1, -0.05) is 22.0 Å². The van der Waals surface area contributed by atoms with Crippen molar-refractivity contribution in [1.29, 1.82) is 0 Å². The molecule has 1 aromatic carbocycles. The van der Waals surface area contributed by atoms with Gasteiger partial charge >= 0.3 is 0 Å². The number of benzene rings is 1. The number of pyridine rings is 1. The molecule has 5 heteroatoms. The highest BCUT2D eigenvalue weighted by Crippen LogP contribution is 2.32. The van der Waals surface area contributed by atoms with Gasteiger partial charge in [0, 0.05) is 22.8 Å². The zero-order chi connectivity index (χ0) is 13.0. The van der Waals surface area contributed by atoms with E-state index < -0.39 is 0 Å². The van der Waals surface area contributed by atoms with Crippen LogP contribution in [-0.4, -0.2) is 12.0 Å². The first-order chi connectivity index (χ1) is 8.70. The molecule has 0 saturated heterocycles. The molecular weight excluding hydrogens is 360 g/mol. The smallest absolute Gasteiger partial charge is 0.223 e. The monoisotopic (exact) mass is 370 g/mol. The van der Waals surface area contributed by atoms with Gasteiger partial charge in [-0.05, 0) is 47.2 Å². The first-order valence-corrected chi connectivity index (χ1v) is 7.00. The maximum atomic E-state index is 5.83. The molecule has 0 saturated carbocycles. The van der Waals surface area contributed by atoms with Crippen LogP contribution >= 0.6 is 31.9 Å². The van der Waals surface area contributed by atoms with E-state index >= 15 is 0 Å². The van der Waals surface area contributed by atoms with Gasteiger partial charge in [-0.3, -0.25) is 0 Å². The fraction of sp³-hybridized carbons (Fsp3) is 0.154. The van der Waals surface area contributed by atoms with Gasteiger partial charge in [0.2, 0.25) is 5.88 Å². The molecule has 0 bridgehead atoms. The molecular formula is C13H12Br2N2O. The fourth-order valence-electron chi connectivity index (χ4n) is 1.50. The molecule has 18 heavy (non-hydrogen) atoms. The second-order valence-electron chi connectivity index (χ2n) is 3.67. The maximum absolute atomic E-state index is 5.83. The minimum absolute atomic E-state index is 0.620. The van der Waals surface area contributed by atoms with Crippen LogP contribution in [0.4, 0.5) is 0 Å². The number of nitrogens with one attached hydrogen (secondary N) is 1. The average molecular weight is 372 g/mol. The molecule has 0 radical (unpaired) electrons. The Hall–Kier alpha value is -0.910. The van der Waals surface area contributed by atoms with E-state index in [9.17, 15) is 0 Å². The van der Waals surface area contributed by atoms with Crippen LogP contribution < -0.4 is 10.1 Å². The fourth-order valence-corrected chi connectivity index (χ4v) is 2.63. The second-order valence-corrected chi connectivity index (χ2v) is 5.44. The van der Waals surface area contributed by atoms with E-state index in [4.69, 9.17) is 4.74 Å². The molecule has 0 amide bonds. The van der Waals surface area contributed by atoms with Crippen molar-refractivity contribution < 1.29 is 4.74 Å². The first-order valence-electron chi connectivity index (χ1n) is 5.42. The zero-order valence-corrected chi connectivity index (χ0v) is 13.0. The maximum Gasteiger partial charge on any atom is 0.223 e. The van der Waals surface area contributed by atoms with Gasteiger partial charge in [0.05, 0.1) is 4.47 Å².